The summed E-state index contributed by atoms with van der Waals surface area (Å²) in [4.78, 5) is 12.5. The first-order valence-electron chi connectivity index (χ1n) is 7.70. The minimum absolute atomic E-state index is 0.0745. The third-order valence-corrected chi connectivity index (χ3v) is 4.33. The zero-order valence-electron chi connectivity index (χ0n) is 12.8. The van der Waals surface area contributed by atoms with Crippen LogP contribution in [0.25, 0.3) is 11.0 Å². The molecule has 0 bridgehead atoms. The Bertz CT molecular complexity index is 804. The number of amides is 1. The molecule has 1 atom stereocenters. The van der Waals surface area contributed by atoms with Gasteiger partial charge < -0.3 is 9.32 Å². The van der Waals surface area contributed by atoms with Gasteiger partial charge in [-0.1, -0.05) is 12.1 Å². The van der Waals surface area contributed by atoms with Gasteiger partial charge in [0, 0.05) is 24.4 Å². The number of para-hydroxylation sites is 1. The van der Waals surface area contributed by atoms with Crippen molar-refractivity contribution < 1.29 is 22.4 Å². The third kappa shape index (κ3) is 2.96. The number of piperidine rings is 1. The predicted molar refractivity (Wildman–Crippen MR) is 80.0 cm³/mol. The average Bonchev–Trinajstić information content (AvgIpc) is 2.91. The summed E-state index contributed by atoms with van der Waals surface area (Å²) < 4.78 is 44.0. The van der Waals surface area contributed by atoms with Gasteiger partial charge in [-0.05, 0) is 31.4 Å². The first kappa shape index (κ1) is 16.4. The van der Waals surface area contributed by atoms with Crippen LogP contribution in [0, 0.1) is 11.3 Å². The van der Waals surface area contributed by atoms with Crippen LogP contribution in [0.3, 0.4) is 0 Å². The van der Waals surface area contributed by atoms with E-state index in [-0.39, 0.29) is 13.0 Å². The van der Waals surface area contributed by atoms with Crippen LogP contribution in [0.2, 0.25) is 0 Å². The van der Waals surface area contributed by atoms with Crippen molar-refractivity contribution in [2.24, 2.45) is 0 Å². The number of furan rings is 1. The van der Waals surface area contributed by atoms with Gasteiger partial charge in [0.2, 0.25) is 0 Å². The maximum atomic E-state index is 12.8. The first-order chi connectivity index (χ1) is 11.4. The molecular formula is C17H15F3N2O2. The highest BCUT2D eigenvalue weighted by Gasteiger charge is 2.45. The van der Waals surface area contributed by atoms with E-state index in [1.165, 1.54) is 0 Å². The number of nitrogens with zero attached hydrogens (tertiary/aromatic N) is 2. The van der Waals surface area contributed by atoms with Gasteiger partial charge in [-0.2, -0.15) is 18.4 Å². The fraction of sp³-hybridized carbons (Fsp3) is 0.412. The number of carbonyl (C=O) groups excluding carboxylic acids is 1. The Morgan fingerprint density at radius 2 is 2.08 bits per heavy atom. The Hall–Kier alpha value is -2.49. The molecule has 0 spiro atoms. The molecule has 2 heterocycles. The number of carbonyl (C=O) groups is 1. The van der Waals surface area contributed by atoms with Crippen LogP contribution < -0.4 is 0 Å². The van der Waals surface area contributed by atoms with E-state index >= 15 is 0 Å². The number of nitriles is 1. The first-order valence-corrected chi connectivity index (χ1v) is 7.70. The Morgan fingerprint density at radius 1 is 1.33 bits per heavy atom. The molecule has 4 nitrogen and oxygen atoms in total. The summed E-state index contributed by atoms with van der Waals surface area (Å²) in [5.74, 6) is -1.48. The number of rotatable bonds is 2. The van der Waals surface area contributed by atoms with Gasteiger partial charge in [-0.15, -0.1) is 0 Å². The van der Waals surface area contributed by atoms with Crippen molar-refractivity contribution >= 4 is 16.9 Å². The lowest BCUT2D eigenvalue weighted by Gasteiger charge is -2.35. The highest BCUT2D eigenvalue weighted by Crippen LogP contribution is 2.31. The smallest absolute Gasteiger partial charge is 0.460 e. The zero-order valence-corrected chi connectivity index (χ0v) is 12.8. The van der Waals surface area contributed by atoms with Crippen LogP contribution in [-0.2, 0) is 11.2 Å². The number of alkyl halides is 3. The molecule has 1 aliphatic heterocycles. The summed E-state index contributed by atoms with van der Waals surface area (Å²) in [5.41, 5.74) is 0.851. The molecule has 1 amide bonds. The molecular weight excluding hydrogens is 321 g/mol. The maximum absolute atomic E-state index is 12.8. The Balaban J connectivity index is 1.91. The molecule has 1 aromatic heterocycles. The number of hydrogen-bond donors (Lipinski definition) is 0. The van der Waals surface area contributed by atoms with E-state index in [0.717, 1.165) is 11.3 Å². The monoisotopic (exact) mass is 336 g/mol. The average molecular weight is 336 g/mol. The molecule has 1 saturated heterocycles. The molecule has 0 saturated carbocycles. The van der Waals surface area contributed by atoms with Crippen molar-refractivity contribution in [3.8, 4) is 6.07 Å². The van der Waals surface area contributed by atoms with Crippen LogP contribution in [0.5, 0.6) is 0 Å². The van der Waals surface area contributed by atoms with E-state index < -0.39 is 18.1 Å². The van der Waals surface area contributed by atoms with Gasteiger partial charge >= 0.3 is 12.1 Å². The van der Waals surface area contributed by atoms with Crippen molar-refractivity contribution in [1.82, 2.24) is 4.90 Å². The lowest BCUT2D eigenvalue weighted by molar-refractivity contribution is -0.189. The topological polar surface area (TPSA) is 57.2 Å². The lowest BCUT2D eigenvalue weighted by atomic mass is 9.96. The maximum Gasteiger partial charge on any atom is 0.471 e. The molecule has 0 N–H and O–H groups in total. The summed E-state index contributed by atoms with van der Waals surface area (Å²) in [6.45, 7) is 0.0745. The van der Waals surface area contributed by atoms with Crippen molar-refractivity contribution in [2.45, 2.75) is 37.9 Å². The number of fused-ring (bicyclic) bond motifs is 1. The summed E-state index contributed by atoms with van der Waals surface area (Å²) >= 11 is 0. The molecule has 24 heavy (non-hydrogen) atoms. The molecule has 0 aliphatic carbocycles. The minimum Gasteiger partial charge on any atom is -0.460 e. The second-order valence-corrected chi connectivity index (χ2v) is 5.86. The van der Waals surface area contributed by atoms with Gasteiger partial charge in [0.25, 0.3) is 0 Å². The fourth-order valence-corrected chi connectivity index (χ4v) is 3.22. The largest absolute Gasteiger partial charge is 0.471 e. The van der Waals surface area contributed by atoms with Crippen LogP contribution in [-0.4, -0.2) is 29.6 Å². The Morgan fingerprint density at radius 3 is 2.79 bits per heavy atom. The van der Waals surface area contributed by atoms with Gasteiger partial charge in [-0.25, -0.2) is 0 Å². The minimum atomic E-state index is -4.89. The number of hydrogen-bond acceptors (Lipinski definition) is 3. The normalized spacial score (nSPS) is 18.6. The summed E-state index contributed by atoms with van der Waals surface area (Å²) in [6.07, 6.45) is -3.03. The number of likely N-dealkylation sites (tertiary alicyclic amines) is 1. The standard InChI is InChI=1S/C17H15F3N2O2/c18-17(19,20)16(23)22-8-4-3-5-11(22)9-15-13(10-21)12-6-1-2-7-14(12)24-15/h1-2,6-7,11H,3-5,8-9H2. The molecule has 0 radical (unpaired) electrons. The van der Waals surface area contributed by atoms with E-state index in [1.807, 2.05) is 0 Å². The van der Waals surface area contributed by atoms with Crippen LogP contribution in [0.4, 0.5) is 13.2 Å². The number of benzene rings is 1. The van der Waals surface area contributed by atoms with E-state index in [2.05, 4.69) is 6.07 Å². The SMILES string of the molecule is N#Cc1c(CC2CCCCN2C(=O)C(F)(F)F)oc2ccccc12. The van der Waals surface area contributed by atoms with E-state index in [1.54, 1.807) is 24.3 Å². The Labute approximate surface area is 136 Å². The second-order valence-electron chi connectivity index (χ2n) is 5.86. The third-order valence-electron chi connectivity index (χ3n) is 4.33. The van der Waals surface area contributed by atoms with E-state index in [9.17, 15) is 23.2 Å². The van der Waals surface area contributed by atoms with Crippen molar-refractivity contribution in [3.63, 3.8) is 0 Å². The van der Waals surface area contributed by atoms with E-state index in [4.69, 9.17) is 4.42 Å². The van der Waals surface area contributed by atoms with Crippen LogP contribution >= 0.6 is 0 Å². The lowest BCUT2D eigenvalue weighted by Crippen LogP contribution is -2.50. The molecule has 1 aromatic carbocycles. The van der Waals surface area contributed by atoms with Crippen molar-refractivity contribution in [2.75, 3.05) is 6.54 Å². The molecule has 3 rings (SSSR count). The summed E-state index contributed by atoms with van der Waals surface area (Å²) in [5, 5.41) is 10.0. The molecule has 1 aliphatic rings. The van der Waals surface area contributed by atoms with Gasteiger partial charge in [0.05, 0.1) is 0 Å². The number of halogens is 3. The summed E-state index contributed by atoms with van der Waals surface area (Å²) in [7, 11) is 0. The molecule has 126 valence electrons. The zero-order chi connectivity index (χ0) is 17.3. The van der Waals surface area contributed by atoms with Crippen LogP contribution in [0.15, 0.2) is 28.7 Å². The Kier molecular flexibility index (Phi) is 4.22. The van der Waals surface area contributed by atoms with Crippen molar-refractivity contribution in [3.05, 3.63) is 35.6 Å². The second kappa shape index (κ2) is 6.19. The van der Waals surface area contributed by atoms with Gasteiger partial charge in [0.1, 0.15) is 23.0 Å². The molecule has 1 fully saturated rings. The van der Waals surface area contributed by atoms with Crippen molar-refractivity contribution in [1.29, 1.82) is 5.26 Å². The highest BCUT2D eigenvalue weighted by atomic mass is 19.4. The molecule has 7 heteroatoms. The van der Waals surface area contributed by atoms with E-state index in [0.29, 0.717) is 35.1 Å². The molecule has 1 unspecified atom stereocenters. The fourth-order valence-electron chi connectivity index (χ4n) is 3.22. The van der Waals surface area contributed by atoms with Crippen LogP contribution in [0.1, 0.15) is 30.6 Å². The van der Waals surface area contributed by atoms with Gasteiger partial charge in [0.15, 0.2) is 0 Å². The quantitative estimate of drug-likeness (QED) is 0.838. The highest BCUT2D eigenvalue weighted by molar-refractivity contribution is 5.85. The van der Waals surface area contributed by atoms with Gasteiger partial charge in [-0.3, -0.25) is 4.79 Å². The molecule has 2 aromatic rings. The summed E-state index contributed by atoms with van der Waals surface area (Å²) in [6, 6.07) is 8.42. The predicted octanol–water partition coefficient (Wildman–Crippen LogP) is 3.79.